The molecule has 2 heterocycles. The molecule has 1 saturated carbocycles. The van der Waals surface area contributed by atoms with Crippen LogP contribution < -0.4 is 5.32 Å². The average molecular weight is 498 g/mol. The molecule has 1 aliphatic carbocycles. The van der Waals surface area contributed by atoms with Crippen LogP contribution in [0.3, 0.4) is 0 Å². The second kappa shape index (κ2) is 11.1. The van der Waals surface area contributed by atoms with Crippen molar-refractivity contribution in [3.63, 3.8) is 0 Å². The van der Waals surface area contributed by atoms with Gasteiger partial charge in [0, 0.05) is 29.6 Å². The summed E-state index contributed by atoms with van der Waals surface area (Å²) in [5, 5.41) is 3.34. The fraction of sp³-hybridized carbons (Fsp3) is 0.300. The number of hydrogen-bond donors (Lipinski definition) is 1. The molecule has 0 radical (unpaired) electrons. The predicted molar refractivity (Wildman–Crippen MR) is 145 cm³/mol. The van der Waals surface area contributed by atoms with Crippen LogP contribution >= 0.6 is 11.8 Å². The molecule has 2 amide bonds. The van der Waals surface area contributed by atoms with E-state index in [9.17, 15) is 9.59 Å². The van der Waals surface area contributed by atoms with E-state index >= 15 is 0 Å². The van der Waals surface area contributed by atoms with Crippen LogP contribution in [0.5, 0.6) is 0 Å². The van der Waals surface area contributed by atoms with E-state index in [1.165, 1.54) is 24.0 Å². The van der Waals surface area contributed by atoms with Crippen molar-refractivity contribution in [2.45, 2.75) is 57.0 Å². The molecule has 2 atom stereocenters. The number of nitrogens with one attached hydrogen (secondary N) is 1. The number of aryl methyl sites for hydroxylation is 1. The molecular weight excluding hydrogens is 466 g/mol. The minimum atomic E-state index is -0.141. The number of nitrogens with zero attached hydrogens (tertiary/aromatic N) is 2. The maximum absolute atomic E-state index is 13.7. The Labute approximate surface area is 217 Å². The van der Waals surface area contributed by atoms with Gasteiger partial charge in [-0.3, -0.25) is 14.6 Å². The van der Waals surface area contributed by atoms with Gasteiger partial charge in [-0.1, -0.05) is 55.3 Å². The molecule has 0 bridgehead atoms. The van der Waals surface area contributed by atoms with Gasteiger partial charge < -0.3 is 10.2 Å². The Bertz CT molecular complexity index is 1260. The lowest BCUT2D eigenvalue weighted by Crippen LogP contribution is -2.50. The molecule has 1 N–H and O–H groups in total. The highest BCUT2D eigenvalue weighted by molar-refractivity contribution is 8.04. The van der Waals surface area contributed by atoms with Crippen molar-refractivity contribution in [3.8, 4) is 0 Å². The second-order valence-corrected chi connectivity index (χ2v) is 10.8. The maximum atomic E-state index is 13.7. The highest BCUT2D eigenvalue weighted by Crippen LogP contribution is 2.42. The van der Waals surface area contributed by atoms with Crippen molar-refractivity contribution in [3.05, 3.63) is 106 Å². The van der Waals surface area contributed by atoms with Crippen LogP contribution in [0.4, 0.5) is 0 Å². The van der Waals surface area contributed by atoms with Crippen molar-refractivity contribution < 1.29 is 9.59 Å². The number of aromatic nitrogens is 1. The zero-order valence-corrected chi connectivity index (χ0v) is 21.3. The van der Waals surface area contributed by atoms with Gasteiger partial charge in [-0.25, -0.2) is 0 Å². The minimum Gasteiger partial charge on any atom is -0.346 e. The number of carbonyl (C=O) groups is 2. The summed E-state index contributed by atoms with van der Waals surface area (Å²) in [5.74, 6) is -0.0268. The van der Waals surface area contributed by atoms with E-state index in [2.05, 4.69) is 40.3 Å². The number of carbonyl (C=O) groups excluding carboxylic acids is 2. The van der Waals surface area contributed by atoms with E-state index in [4.69, 9.17) is 0 Å². The van der Waals surface area contributed by atoms with Crippen molar-refractivity contribution in [2.75, 3.05) is 0 Å². The monoisotopic (exact) mass is 497 g/mol. The molecule has 2 aliphatic rings. The van der Waals surface area contributed by atoms with Crippen LogP contribution in [0, 0.1) is 6.92 Å². The fourth-order valence-electron chi connectivity index (χ4n) is 4.99. The summed E-state index contributed by atoms with van der Waals surface area (Å²) in [5.41, 5.74) is 4.76. The number of benzene rings is 2. The van der Waals surface area contributed by atoms with E-state index in [1.54, 1.807) is 18.0 Å². The first-order chi connectivity index (χ1) is 17.6. The number of thioether (sulfide) groups is 1. The van der Waals surface area contributed by atoms with Crippen molar-refractivity contribution in [1.82, 2.24) is 15.2 Å². The van der Waals surface area contributed by atoms with Crippen molar-refractivity contribution >= 4 is 29.7 Å². The van der Waals surface area contributed by atoms with Gasteiger partial charge in [-0.2, -0.15) is 0 Å². The second-order valence-electron chi connectivity index (χ2n) is 9.50. The van der Waals surface area contributed by atoms with Gasteiger partial charge in [-0.15, -0.1) is 11.8 Å². The molecule has 2 aromatic carbocycles. The largest absolute Gasteiger partial charge is 0.346 e. The van der Waals surface area contributed by atoms with Gasteiger partial charge in [0.1, 0.15) is 0 Å². The number of fused-ring (bicyclic) bond motifs is 1. The summed E-state index contributed by atoms with van der Waals surface area (Å²) in [7, 11) is 0. The number of rotatable bonds is 6. The molecule has 1 aliphatic heterocycles. The van der Waals surface area contributed by atoms with E-state index in [0.29, 0.717) is 23.9 Å². The molecule has 6 heteroatoms. The summed E-state index contributed by atoms with van der Waals surface area (Å²) >= 11 is 1.74. The lowest BCUT2D eigenvalue weighted by Gasteiger charge is -2.44. The maximum Gasteiger partial charge on any atom is 0.260 e. The molecule has 184 valence electrons. The van der Waals surface area contributed by atoms with Crippen LogP contribution in [-0.2, 0) is 17.9 Å². The molecule has 0 spiro atoms. The summed E-state index contributed by atoms with van der Waals surface area (Å²) < 4.78 is 0. The molecule has 2 unspecified atom stereocenters. The fourth-order valence-corrected chi connectivity index (χ4v) is 6.46. The van der Waals surface area contributed by atoms with Crippen LogP contribution in [0.25, 0.3) is 6.08 Å². The Morgan fingerprint density at radius 3 is 2.61 bits per heavy atom. The molecule has 2 fully saturated rings. The van der Waals surface area contributed by atoms with E-state index in [0.717, 1.165) is 29.0 Å². The summed E-state index contributed by atoms with van der Waals surface area (Å²) in [6.07, 6.45) is 8.31. The Morgan fingerprint density at radius 1 is 1.06 bits per heavy atom. The SMILES string of the molecule is Cc1ccccc1CN1C(=O)/C(=C\c2ccc(C(=O)NCc3ccccn3)cc2)SC2CCCCC21. The molecule has 36 heavy (non-hydrogen) atoms. The number of pyridine rings is 1. The molecular formula is C30H31N3O2S. The molecule has 3 aromatic rings. The summed E-state index contributed by atoms with van der Waals surface area (Å²) in [4.78, 5) is 33.3. The van der Waals surface area contributed by atoms with Crippen molar-refractivity contribution in [1.29, 1.82) is 0 Å². The highest BCUT2D eigenvalue weighted by Gasteiger charge is 2.40. The van der Waals surface area contributed by atoms with Gasteiger partial charge >= 0.3 is 0 Å². The summed E-state index contributed by atoms with van der Waals surface area (Å²) in [6.45, 7) is 3.15. The first-order valence-electron chi connectivity index (χ1n) is 12.6. The van der Waals surface area contributed by atoms with Gasteiger partial charge in [-0.05, 0) is 66.8 Å². The van der Waals surface area contributed by atoms with Crippen LogP contribution in [0.2, 0.25) is 0 Å². The third kappa shape index (κ3) is 5.54. The standard InChI is InChI=1S/C30H31N3O2S/c1-21-8-2-3-9-24(21)20-33-26-11-4-5-12-27(26)36-28(30(33)35)18-22-13-15-23(16-14-22)29(34)32-19-25-10-6-7-17-31-25/h2-3,6-10,13-18,26-27H,4-5,11-12,19-20H2,1H3,(H,32,34)/b28-18+. The Hall–Kier alpha value is -3.38. The summed E-state index contributed by atoms with van der Waals surface area (Å²) in [6, 6.07) is 21.7. The Kier molecular flexibility index (Phi) is 7.52. The quantitative estimate of drug-likeness (QED) is 0.441. The zero-order valence-electron chi connectivity index (χ0n) is 20.5. The van der Waals surface area contributed by atoms with Crippen molar-refractivity contribution in [2.24, 2.45) is 0 Å². The van der Waals surface area contributed by atoms with E-state index in [-0.39, 0.29) is 17.9 Å². The van der Waals surface area contributed by atoms with Crippen LogP contribution in [0.1, 0.15) is 58.4 Å². The molecule has 5 rings (SSSR count). The Balaban J connectivity index is 1.31. The van der Waals surface area contributed by atoms with Gasteiger partial charge in [0.2, 0.25) is 0 Å². The van der Waals surface area contributed by atoms with E-state index in [1.807, 2.05) is 54.6 Å². The molecule has 1 aromatic heterocycles. The lowest BCUT2D eigenvalue weighted by molar-refractivity contribution is -0.130. The normalized spacial score (nSPS) is 20.8. The first kappa shape index (κ1) is 24.3. The topological polar surface area (TPSA) is 62.3 Å². The molecule has 1 saturated heterocycles. The van der Waals surface area contributed by atoms with Crippen LogP contribution in [0.15, 0.2) is 77.8 Å². The lowest BCUT2D eigenvalue weighted by atomic mass is 9.92. The van der Waals surface area contributed by atoms with Crippen LogP contribution in [-0.4, -0.2) is 33.0 Å². The van der Waals surface area contributed by atoms with Gasteiger partial charge in [0.15, 0.2) is 0 Å². The highest BCUT2D eigenvalue weighted by atomic mass is 32.2. The minimum absolute atomic E-state index is 0.114. The number of amides is 2. The van der Waals surface area contributed by atoms with Gasteiger partial charge in [0.05, 0.1) is 17.1 Å². The smallest absolute Gasteiger partial charge is 0.260 e. The predicted octanol–water partition coefficient (Wildman–Crippen LogP) is 5.75. The zero-order chi connectivity index (χ0) is 24.9. The Morgan fingerprint density at radius 2 is 1.83 bits per heavy atom. The number of hydrogen-bond acceptors (Lipinski definition) is 4. The molecule has 5 nitrogen and oxygen atoms in total. The third-order valence-corrected chi connectivity index (χ3v) is 8.45. The van der Waals surface area contributed by atoms with E-state index < -0.39 is 0 Å². The average Bonchev–Trinajstić information content (AvgIpc) is 2.91. The third-order valence-electron chi connectivity index (χ3n) is 7.05. The first-order valence-corrected chi connectivity index (χ1v) is 13.5. The van der Waals surface area contributed by atoms with Gasteiger partial charge in [0.25, 0.3) is 11.8 Å².